The lowest BCUT2D eigenvalue weighted by Crippen LogP contribution is -2.12. The second-order valence-corrected chi connectivity index (χ2v) is 4.33. The zero-order valence-corrected chi connectivity index (χ0v) is 10.6. The molecule has 6 heteroatoms. The first-order chi connectivity index (χ1) is 8.58. The van der Waals surface area contributed by atoms with Gasteiger partial charge in [0.2, 0.25) is 0 Å². The summed E-state index contributed by atoms with van der Waals surface area (Å²) >= 11 is 3.02. The highest BCUT2D eigenvalue weighted by atomic mass is 79.9. The fourth-order valence-corrected chi connectivity index (χ4v) is 1.73. The molecular weight excluding hydrogens is 303 g/mol. The van der Waals surface area contributed by atoms with E-state index in [4.69, 9.17) is 0 Å². The van der Waals surface area contributed by atoms with Gasteiger partial charge >= 0.3 is 0 Å². The lowest BCUT2D eigenvalue weighted by Gasteiger charge is -2.07. The molecule has 0 atom stereocenters. The molecule has 1 amide bonds. The monoisotopic (exact) mass is 310 g/mol. The summed E-state index contributed by atoms with van der Waals surface area (Å²) in [5.41, 5.74) is 0.523. The molecule has 1 aromatic heterocycles. The summed E-state index contributed by atoms with van der Waals surface area (Å²) in [6, 6.07) is 5.48. The highest BCUT2D eigenvalue weighted by Crippen LogP contribution is 2.21. The molecule has 18 heavy (non-hydrogen) atoms. The lowest BCUT2D eigenvalue weighted by molar-refractivity contribution is 0.102. The van der Waals surface area contributed by atoms with E-state index in [2.05, 4.69) is 26.2 Å². The van der Waals surface area contributed by atoms with Crippen molar-refractivity contribution in [2.75, 3.05) is 5.32 Å². The molecule has 0 saturated heterocycles. The fourth-order valence-electron chi connectivity index (χ4n) is 1.35. The Hall–Kier alpha value is -1.95. The SMILES string of the molecule is O=C(Nc1ccc(F)c(Br)c1)c1ccncc1O. The second-order valence-electron chi connectivity index (χ2n) is 3.48. The van der Waals surface area contributed by atoms with Gasteiger partial charge in [-0.15, -0.1) is 0 Å². The van der Waals surface area contributed by atoms with Crippen molar-refractivity contribution in [1.29, 1.82) is 0 Å². The van der Waals surface area contributed by atoms with Gasteiger partial charge in [0.15, 0.2) is 0 Å². The van der Waals surface area contributed by atoms with Gasteiger partial charge in [0.1, 0.15) is 11.6 Å². The van der Waals surface area contributed by atoms with E-state index in [9.17, 15) is 14.3 Å². The Kier molecular flexibility index (Phi) is 3.57. The molecule has 0 spiro atoms. The molecular formula is C12H8BrFN2O2. The average Bonchev–Trinajstić information content (AvgIpc) is 2.34. The summed E-state index contributed by atoms with van der Waals surface area (Å²) in [5.74, 6) is -1.12. The minimum Gasteiger partial charge on any atom is -0.505 e. The number of amides is 1. The average molecular weight is 311 g/mol. The van der Waals surface area contributed by atoms with Crippen LogP contribution >= 0.6 is 15.9 Å². The molecule has 2 aromatic rings. The Bertz CT molecular complexity index is 604. The number of carbonyl (C=O) groups is 1. The van der Waals surface area contributed by atoms with Crippen molar-refractivity contribution in [3.05, 3.63) is 52.5 Å². The molecule has 2 rings (SSSR count). The van der Waals surface area contributed by atoms with Crippen molar-refractivity contribution in [2.24, 2.45) is 0 Å². The number of carbonyl (C=O) groups excluding carboxylic acids is 1. The summed E-state index contributed by atoms with van der Waals surface area (Å²) in [5, 5.41) is 12.0. The Morgan fingerprint density at radius 2 is 2.17 bits per heavy atom. The number of rotatable bonds is 2. The van der Waals surface area contributed by atoms with Crippen molar-refractivity contribution in [1.82, 2.24) is 4.98 Å². The molecule has 92 valence electrons. The van der Waals surface area contributed by atoms with Crippen molar-refractivity contribution >= 4 is 27.5 Å². The zero-order chi connectivity index (χ0) is 13.1. The van der Waals surface area contributed by atoms with Gasteiger partial charge in [0.05, 0.1) is 16.2 Å². The number of aromatic nitrogens is 1. The zero-order valence-electron chi connectivity index (χ0n) is 9.02. The minimum atomic E-state index is -0.492. The van der Waals surface area contributed by atoms with E-state index >= 15 is 0 Å². The minimum absolute atomic E-state index is 0.102. The van der Waals surface area contributed by atoms with Crippen LogP contribution in [-0.4, -0.2) is 16.0 Å². The molecule has 0 bridgehead atoms. The van der Waals surface area contributed by atoms with Crippen LogP contribution in [0.3, 0.4) is 0 Å². The third-order valence-electron chi connectivity index (χ3n) is 2.22. The number of halogens is 2. The third-order valence-corrected chi connectivity index (χ3v) is 2.83. The Morgan fingerprint density at radius 3 is 2.83 bits per heavy atom. The number of nitrogens with one attached hydrogen (secondary N) is 1. The van der Waals surface area contributed by atoms with Gasteiger partial charge in [0, 0.05) is 11.9 Å². The van der Waals surface area contributed by atoms with Gasteiger partial charge in [-0.3, -0.25) is 9.78 Å². The molecule has 0 aliphatic heterocycles. The molecule has 1 heterocycles. The number of benzene rings is 1. The quantitative estimate of drug-likeness (QED) is 0.896. The first-order valence-electron chi connectivity index (χ1n) is 4.97. The predicted octanol–water partition coefficient (Wildman–Crippen LogP) is 2.94. The number of aromatic hydroxyl groups is 1. The van der Waals surface area contributed by atoms with Crippen molar-refractivity contribution in [2.45, 2.75) is 0 Å². The maximum Gasteiger partial charge on any atom is 0.259 e. The Balaban J connectivity index is 2.22. The van der Waals surface area contributed by atoms with Gasteiger partial charge in [-0.25, -0.2) is 4.39 Å². The molecule has 0 saturated carbocycles. The molecule has 2 N–H and O–H groups in total. The van der Waals surface area contributed by atoms with E-state index in [1.54, 1.807) is 0 Å². The molecule has 1 aromatic carbocycles. The first-order valence-corrected chi connectivity index (χ1v) is 5.76. The van der Waals surface area contributed by atoms with Crippen LogP contribution in [0.1, 0.15) is 10.4 Å². The number of anilines is 1. The van der Waals surface area contributed by atoms with Crippen molar-refractivity contribution in [3.63, 3.8) is 0 Å². The van der Waals surface area contributed by atoms with Gasteiger partial charge < -0.3 is 10.4 Å². The fraction of sp³-hybridized carbons (Fsp3) is 0. The standard InChI is InChI=1S/C12H8BrFN2O2/c13-9-5-7(1-2-10(9)14)16-12(18)8-3-4-15-6-11(8)17/h1-6,17H,(H,16,18). The van der Waals surface area contributed by atoms with Crippen LogP contribution in [0.4, 0.5) is 10.1 Å². The van der Waals surface area contributed by atoms with Crippen LogP contribution in [0.15, 0.2) is 41.1 Å². The number of pyridine rings is 1. The summed E-state index contributed by atoms with van der Waals surface area (Å²) in [7, 11) is 0. The topological polar surface area (TPSA) is 62.2 Å². The number of hydrogen-bond donors (Lipinski definition) is 2. The normalized spacial score (nSPS) is 10.1. The van der Waals surface area contributed by atoms with Crippen LogP contribution < -0.4 is 5.32 Å². The largest absolute Gasteiger partial charge is 0.505 e. The van der Waals surface area contributed by atoms with Crippen molar-refractivity contribution < 1.29 is 14.3 Å². The molecule has 0 aliphatic carbocycles. The first kappa shape index (κ1) is 12.5. The van der Waals surface area contributed by atoms with Gasteiger partial charge in [-0.05, 0) is 40.2 Å². The highest BCUT2D eigenvalue weighted by Gasteiger charge is 2.11. The molecule has 0 unspecified atom stereocenters. The van der Waals surface area contributed by atoms with Gasteiger partial charge in [0.25, 0.3) is 5.91 Å². The van der Waals surface area contributed by atoms with Crippen molar-refractivity contribution in [3.8, 4) is 5.75 Å². The second kappa shape index (κ2) is 5.14. The Morgan fingerprint density at radius 1 is 1.39 bits per heavy atom. The van der Waals surface area contributed by atoms with Gasteiger partial charge in [-0.1, -0.05) is 0 Å². The lowest BCUT2D eigenvalue weighted by atomic mass is 10.2. The van der Waals surface area contributed by atoms with E-state index in [-0.39, 0.29) is 15.8 Å². The molecule has 0 aliphatic rings. The molecule has 4 nitrogen and oxygen atoms in total. The summed E-state index contributed by atoms with van der Waals surface area (Å²) in [4.78, 5) is 15.5. The predicted molar refractivity (Wildman–Crippen MR) is 68.0 cm³/mol. The van der Waals surface area contributed by atoms with Crippen LogP contribution in [0.5, 0.6) is 5.75 Å². The smallest absolute Gasteiger partial charge is 0.259 e. The summed E-state index contributed by atoms with van der Waals surface area (Å²) in [6.07, 6.45) is 2.57. The number of nitrogens with zero attached hydrogens (tertiary/aromatic N) is 1. The molecule has 0 radical (unpaired) electrons. The maximum atomic E-state index is 13.0. The van der Waals surface area contributed by atoms with E-state index in [0.29, 0.717) is 5.69 Å². The summed E-state index contributed by atoms with van der Waals surface area (Å²) < 4.78 is 13.3. The number of hydrogen-bond acceptors (Lipinski definition) is 3. The summed E-state index contributed by atoms with van der Waals surface area (Å²) in [6.45, 7) is 0. The maximum absolute atomic E-state index is 13.0. The van der Waals surface area contributed by atoms with E-state index in [0.717, 1.165) is 0 Å². The Labute approximate surface area is 111 Å². The molecule has 0 fully saturated rings. The van der Waals surface area contributed by atoms with Crippen LogP contribution in [0.2, 0.25) is 0 Å². The van der Waals surface area contributed by atoms with Crippen LogP contribution in [0.25, 0.3) is 0 Å². The van der Waals surface area contributed by atoms with E-state index in [1.165, 1.54) is 36.7 Å². The van der Waals surface area contributed by atoms with Gasteiger partial charge in [-0.2, -0.15) is 0 Å². The van der Waals surface area contributed by atoms with E-state index < -0.39 is 11.7 Å². The highest BCUT2D eigenvalue weighted by molar-refractivity contribution is 9.10. The van der Waals surface area contributed by atoms with E-state index in [1.807, 2.05) is 0 Å². The third kappa shape index (κ3) is 2.65. The van der Waals surface area contributed by atoms with Crippen LogP contribution in [-0.2, 0) is 0 Å². The van der Waals surface area contributed by atoms with Crippen LogP contribution in [0, 0.1) is 5.82 Å².